The van der Waals surface area contributed by atoms with Crippen LogP contribution in [0.3, 0.4) is 0 Å². The molecule has 1 N–H and O–H groups in total. The Balaban J connectivity index is 2.05. The topological polar surface area (TPSA) is 101 Å². The Bertz CT molecular complexity index is 775. The molecule has 0 radical (unpaired) electrons. The second-order valence-corrected chi connectivity index (χ2v) is 6.09. The molecule has 1 atom stereocenters. The molecule has 0 unspecified atom stereocenters. The SMILES string of the molecule is O=C(O)[C@@H]1C=CCN1S(=O)(=O)c1cc2cnccc2o1. The van der Waals surface area contributed by atoms with Gasteiger partial charge in [-0.2, -0.15) is 4.31 Å². The number of sulfonamides is 1. The number of carbonyl (C=O) groups is 1. The number of rotatable bonds is 3. The van der Waals surface area contributed by atoms with E-state index >= 15 is 0 Å². The van der Waals surface area contributed by atoms with E-state index in [1.165, 1.54) is 30.6 Å². The normalized spacial score (nSPS) is 19.7. The maximum atomic E-state index is 12.4. The zero-order valence-electron chi connectivity index (χ0n) is 10.1. The van der Waals surface area contributed by atoms with E-state index in [1.54, 1.807) is 6.07 Å². The largest absolute Gasteiger partial charge is 0.480 e. The smallest absolute Gasteiger partial charge is 0.326 e. The van der Waals surface area contributed by atoms with E-state index in [9.17, 15) is 13.2 Å². The number of nitrogens with zero attached hydrogens (tertiary/aromatic N) is 2. The molecule has 0 amide bonds. The molecule has 7 nitrogen and oxygen atoms in total. The molecule has 0 aliphatic carbocycles. The van der Waals surface area contributed by atoms with Gasteiger partial charge in [0, 0.05) is 30.4 Å². The van der Waals surface area contributed by atoms with Gasteiger partial charge in [-0.15, -0.1) is 0 Å². The first-order valence-corrected chi connectivity index (χ1v) is 7.19. The summed E-state index contributed by atoms with van der Waals surface area (Å²) >= 11 is 0. The maximum Gasteiger partial charge on any atom is 0.326 e. The van der Waals surface area contributed by atoms with Gasteiger partial charge in [0.05, 0.1) is 0 Å². The van der Waals surface area contributed by atoms with E-state index in [2.05, 4.69) is 4.98 Å². The summed E-state index contributed by atoms with van der Waals surface area (Å²) in [5, 5.41) is 9.30. The van der Waals surface area contributed by atoms with Crippen molar-refractivity contribution in [3.8, 4) is 0 Å². The molecule has 104 valence electrons. The number of furan rings is 1. The Morgan fingerprint density at radius 2 is 2.30 bits per heavy atom. The van der Waals surface area contributed by atoms with Crippen LogP contribution in [0.4, 0.5) is 0 Å². The Kier molecular flexibility index (Phi) is 2.84. The molecule has 0 fully saturated rings. The predicted molar refractivity (Wildman–Crippen MR) is 68.5 cm³/mol. The fourth-order valence-electron chi connectivity index (χ4n) is 2.06. The van der Waals surface area contributed by atoms with Crippen molar-refractivity contribution in [2.45, 2.75) is 11.1 Å². The number of aromatic nitrogens is 1. The molecule has 3 heterocycles. The van der Waals surface area contributed by atoms with Crippen LogP contribution in [-0.2, 0) is 14.8 Å². The Morgan fingerprint density at radius 3 is 3.00 bits per heavy atom. The lowest BCUT2D eigenvalue weighted by atomic mass is 10.3. The number of hydrogen-bond donors (Lipinski definition) is 1. The average Bonchev–Trinajstić information content (AvgIpc) is 3.05. The maximum absolute atomic E-state index is 12.4. The van der Waals surface area contributed by atoms with Gasteiger partial charge < -0.3 is 9.52 Å². The minimum absolute atomic E-state index is 0.00853. The lowest BCUT2D eigenvalue weighted by Gasteiger charge is -2.19. The number of aliphatic carboxylic acids is 1. The van der Waals surface area contributed by atoms with Gasteiger partial charge in [-0.1, -0.05) is 12.2 Å². The highest BCUT2D eigenvalue weighted by Gasteiger charge is 2.38. The Morgan fingerprint density at radius 1 is 1.50 bits per heavy atom. The molecule has 20 heavy (non-hydrogen) atoms. The molecule has 3 rings (SSSR count). The lowest BCUT2D eigenvalue weighted by molar-refractivity contribution is -0.139. The molecule has 2 aromatic rings. The minimum Gasteiger partial charge on any atom is -0.480 e. The fraction of sp³-hybridized carbons (Fsp3) is 0.167. The molecule has 0 spiro atoms. The van der Waals surface area contributed by atoms with Crippen LogP contribution in [0.25, 0.3) is 11.0 Å². The number of fused-ring (bicyclic) bond motifs is 1. The van der Waals surface area contributed by atoms with Gasteiger partial charge >= 0.3 is 5.97 Å². The van der Waals surface area contributed by atoms with Gasteiger partial charge in [0.2, 0.25) is 5.09 Å². The first-order valence-electron chi connectivity index (χ1n) is 5.75. The van der Waals surface area contributed by atoms with Crippen molar-refractivity contribution < 1.29 is 22.7 Å². The molecule has 8 heteroatoms. The van der Waals surface area contributed by atoms with E-state index in [0.717, 1.165) is 4.31 Å². The van der Waals surface area contributed by atoms with Crippen molar-refractivity contribution in [1.29, 1.82) is 0 Å². The molecule has 0 bridgehead atoms. The van der Waals surface area contributed by atoms with Crippen molar-refractivity contribution in [2.24, 2.45) is 0 Å². The third-order valence-electron chi connectivity index (χ3n) is 3.02. The summed E-state index contributed by atoms with van der Waals surface area (Å²) in [6, 6.07) is 1.69. The fourth-order valence-corrected chi connectivity index (χ4v) is 3.50. The van der Waals surface area contributed by atoms with Crippen LogP contribution in [0.5, 0.6) is 0 Å². The van der Waals surface area contributed by atoms with Crippen LogP contribution in [0.2, 0.25) is 0 Å². The molecule has 1 aliphatic heterocycles. The van der Waals surface area contributed by atoms with E-state index in [4.69, 9.17) is 9.52 Å². The summed E-state index contributed by atoms with van der Waals surface area (Å²) in [5.74, 6) is -1.22. The number of pyridine rings is 1. The van der Waals surface area contributed by atoms with Crippen molar-refractivity contribution in [2.75, 3.05) is 6.54 Å². The van der Waals surface area contributed by atoms with Gasteiger partial charge in [-0.3, -0.25) is 9.78 Å². The van der Waals surface area contributed by atoms with Gasteiger partial charge in [-0.25, -0.2) is 8.42 Å². The second-order valence-electron chi connectivity index (χ2n) is 4.26. The average molecular weight is 294 g/mol. The van der Waals surface area contributed by atoms with Gasteiger partial charge in [0.15, 0.2) is 0 Å². The zero-order valence-corrected chi connectivity index (χ0v) is 10.9. The quantitative estimate of drug-likeness (QED) is 0.842. The molecule has 0 saturated carbocycles. The lowest BCUT2D eigenvalue weighted by Crippen LogP contribution is -2.40. The highest BCUT2D eigenvalue weighted by molar-refractivity contribution is 7.89. The van der Waals surface area contributed by atoms with E-state index < -0.39 is 22.0 Å². The highest BCUT2D eigenvalue weighted by Crippen LogP contribution is 2.27. The monoisotopic (exact) mass is 294 g/mol. The number of carboxylic acid groups (broad SMARTS) is 1. The molecule has 2 aromatic heterocycles. The number of hydrogen-bond acceptors (Lipinski definition) is 5. The second kappa shape index (κ2) is 4.43. The van der Waals surface area contributed by atoms with Crippen molar-refractivity contribution in [3.63, 3.8) is 0 Å². The van der Waals surface area contributed by atoms with Gasteiger partial charge in [0.1, 0.15) is 11.6 Å². The first kappa shape index (κ1) is 12.8. The van der Waals surface area contributed by atoms with Crippen LogP contribution in [-0.4, -0.2) is 41.4 Å². The van der Waals surface area contributed by atoms with Crippen molar-refractivity contribution in [1.82, 2.24) is 9.29 Å². The molecule has 0 aromatic carbocycles. The zero-order chi connectivity index (χ0) is 14.3. The summed E-state index contributed by atoms with van der Waals surface area (Å²) in [7, 11) is -4.00. The molecule has 0 saturated heterocycles. The summed E-state index contributed by atoms with van der Waals surface area (Å²) in [5.41, 5.74) is 0.387. The Hall–Kier alpha value is -2.19. The highest BCUT2D eigenvalue weighted by atomic mass is 32.2. The van der Waals surface area contributed by atoms with Crippen LogP contribution in [0.1, 0.15) is 0 Å². The van der Waals surface area contributed by atoms with E-state index in [-0.39, 0.29) is 11.6 Å². The van der Waals surface area contributed by atoms with Crippen LogP contribution < -0.4 is 0 Å². The summed E-state index contributed by atoms with van der Waals surface area (Å²) in [4.78, 5) is 14.9. The third-order valence-corrected chi connectivity index (χ3v) is 4.73. The summed E-state index contributed by atoms with van der Waals surface area (Å²) < 4.78 is 31.0. The van der Waals surface area contributed by atoms with Crippen molar-refractivity contribution in [3.05, 3.63) is 36.7 Å². The van der Waals surface area contributed by atoms with E-state index in [0.29, 0.717) is 11.0 Å². The number of carboxylic acids is 1. The molecular weight excluding hydrogens is 284 g/mol. The third kappa shape index (κ3) is 1.89. The predicted octanol–water partition coefficient (Wildman–Crippen LogP) is 0.841. The molecular formula is C12H10N2O5S. The van der Waals surface area contributed by atoms with Gasteiger partial charge in [0.25, 0.3) is 10.0 Å². The molecule has 1 aliphatic rings. The van der Waals surface area contributed by atoms with Gasteiger partial charge in [-0.05, 0) is 6.07 Å². The van der Waals surface area contributed by atoms with Crippen molar-refractivity contribution >= 4 is 27.0 Å². The standard InChI is InChI=1S/C12H10N2O5S/c15-12(16)9-2-1-5-14(9)20(17,18)11-6-8-7-13-4-3-10(8)19-11/h1-4,6-7,9H,5H2,(H,15,16)/t9-/m0/s1. The van der Waals surface area contributed by atoms with E-state index in [1.807, 2.05) is 0 Å². The Labute approximate surface area is 114 Å². The first-order chi connectivity index (χ1) is 9.50. The van der Waals surface area contributed by atoms with Crippen LogP contribution in [0, 0.1) is 0 Å². The van der Waals surface area contributed by atoms with Crippen LogP contribution in [0.15, 0.2) is 46.2 Å². The summed E-state index contributed by atoms with van der Waals surface area (Å²) in [6.45, 7) is 0.00853. The minimum atomic E-state index is -4.00. The van der Waals surface area contributed by atoms with Crippen LogP contribution >= 0.6 is 0 Å². The summed E-state index contributed by atoms with van der Waals surface area (Å²) in [6.07, 6.45) is 5.80.